The molecule has 1 N–H and O–H groups in total. The zero-order valence-electron chi connectivity index (χ0n) is 12.2. The highest BCUT2D eigenvalue weighted by Crippen LogP contribution is 2.06. The topological polar surface area (TPSA) is 61.9 Å². The van der Waals surface area contributed by atoms with Gasteiger partial charge < -0.3 is 15.0 Å². The molecule has 1 aliphatic heterocycles. The largest absolute Gasteiger partial charge is 0.468 e. The van der Waals surface area contributed by atoms with Crippen LogP contribution in [0.1, 0.15) is 0 Å². The molecule has 0 aliphatic carbocycles. The molecule has 2 rings (SSSR count). The van der Waals surface area contributed by atoms with Crippen molar-refractivity contribution in [3.05, 3.63) is 30.3 Å². The number of esters is 1. The van der Waals surface area contributed by atoms with Crippen LogP contribution in [0.5, 0.6) is 0 Å². The summed E-state index contributed by atoms with van der Waals surface area (Å²) in [5.41, 5.74) is 0.940. The van der Waals surface area contributed by atoms with Crippen molar-refractivity contribution in [1.82, 2.24) is 9.80 Å². The molecule has 1 aromatic carbocycles. The third-order valence-electron chi connectivity index (χ3n) is 3.52. The van der Waals surface area contributed by atoms with Crippen LogP contribution in [0.4, 0.5) is 5.69 Å². The van der Waals surface area contributed by atoms with Crippen LogP contribution >= 0.6 is 0 Å². The molecule has 1 heterocycles. The van der Waals surface area contributed by atoms with E-state index >= 15 is 0 Å². The van der Waals surface area contributed by atoms with Crippen molar-refractivity contribution in [2.75, 3.05) is 51.7 Å². The van der Waals surface area contributed by atoms with Crippen LogP contribution in [0.25, 0.3) is 0 Å². The van der Waals surface area contributed by atoms with E-state index in [4.69, 9.17) is 0 Å². The Morgan fingerprint density at radius 1 is 1.14 bits per heavy atom. The van der Waals surface area contributed by atoms with Gasteiger partial charge in [-0.1, -0.05) is 18.2 Å². The summed E-state index contributed by atoms with van der Waals surface area (Å²) < 4.78 is 4.64. The second kappa shape index (κ2) is 7.64. The van der Waals surface area contributed by atoms with Gasteiger partial charge in [0.2, 0.25) is 5.91 Å². The van der Waals surface area contributed by atoms with E-state index in [0.29, 0.717) is 39.3 Å². The van der Waals surface area contributed by atoms with E-state index in [0.717, 1.165) is 5.69 Å². The molecule has 21 heavy (non-hydrogen) atoms. The van der Waals surface area contributed by atoms with Gasteiger partial charge in [0.05, 0.1) is 20.2 Å². The van der Waals surface area contributed by atoms with Crippen molar-refractivity contribution < 1.29 is 14.3 Å². The highest BCUT2D eigenvalue weighted by atomic mass is 16.5. The number of methoxy groups -OCH3 is 1. The summed E-state index contributed by atoms with van der Waals surface area (Å²) >= 11 is 0. The maximum absolute atomic E-state index is 12.1. The quantitative estimate of drug-likeness (QED) is 0.797. The van der Waals surface area contributed by atoms with E-state index < -0.39 is 0 Å². The first kappa shape index (κ1) is 15.3. The lowest BCUT2D eigenvalue weighted by molar-refractivity contribution is -0.142. The van der Waals surface area contributed by atoms with Gasteiger partial charge in [0.25, 0.3) is 0 Å². The second-order valence-electron chi connectivity index (χ2n) is 4.95. The summed E-state index contributed by atoms with van der Waals surface area (Å²) in [6.45, 7) is 3.28. The lowest BCUT2D eigenvalue weighted by Gasteiger charge is -2.34. The Morgan fingerprint density at radius 3 is 2.43 bits per heavy atom. The van der Waals surface area contributed by atoms with E-state index in [-0.39, 0.29) is 11.9 Å². The number of hydrogen-bond acceptors (Lipinski definition) is 5. The minimum atomic E-state index is -0.236. The smallest absolute Gasteiger partial charge is 0.319 e. The minimum absolute atomic E-state index is 0.0802. The number of piperazine rings is 1. The molecule has 0 spiro atoms. The van der Waals surface area contributed by atoms with Gasteiger partial charge in [0.15, 0.2) is 0 Å². The Bertz CT molecular complexity index is 470. The first-order valence-electron chi connectivity index (χ1n) is 7.05. The molecule has 0 bridgehead atoms. The van der Waals surface area contributed by atoms with Crippen LogP contribution in [0.2, 0.25) is 0 Å². The maximum Gasteiger partial charge on any atom is 0.319 e. The molecule has 1 aromatic rings. The molecule has 0 aromatic heterocycles. The third-order valence-corrected chi connectivity index (χ3v) is 3.52. The van der Waals surface area contributed by atoms with Crippen molar-refractivity contribution in [2.45, 2.75) is 0 Å². The van der Waals surface area contributed by atoms with Gasteiger partial charge in [-0.05, 0) is 12.1 Å². The zero-order chi connectivity index (χ0) is 15.1. The fourth-order valence-electron chi connectivity index (χ4n) is 2.25. The number of ether oxygens (including phenoxy) is 1. The predicted molar refractivity (Wildman–Crippen MR) is 80.0 cm³/mol. The summed E-state index contributed by atoms with van der Waals surface area (Å²) in [6.07, 6.45) is 0. The molecule has 0 saturated carbocycles. The molecule has 114 valence electrons. The van der Waals surface area contributed by atoms with E-state index in [2.05, 4.69) is 10.1 Å². The van der Waals surface area contributed by atoms with Crippen molar-refractivity contribution in [1.29, 1.82) is 0 Å². The number of benzene rings is 1. The van der Waals surface area contributed by atoms with E-state index in [1.165, 1.54) is 7.11 Å². The Labute approximate surface area is 124 Å². The number of nitrogens with one attached hydrogen (secondary N) is 1. The van der Waals surface area contributed by atoms with Crippen molar-refractivity contribution >= 4 is 17.6 Å². The molecule has 1 aliphatic rings. The normalized spacial score (nSPS) is 15.6. The third kappa shape index (κ3) is 4.75. The van der Waals surface area contributed by atoms with Gasteiger partial charge in [-0.25, -0.2) is 0 Å². The van der Waals surface area contributed by atoms with Gasteiger partial charge in [-0.2, -0.15) is 0 Å². The van der Waals surface area contributed by atoms with Gasteiger partial charge in [0.1, 0.15) is 0 Å². The molecule has 0 radical (unpaired) electrons. The molecule has 6 nitrogen and oxygen atoms in total. The van der Waals surface area contributed by atoms with Crippen LogP contribution < -0.4 is 5.32 Å². The van der Waals surface area contributed by atoms with E-state index in [1.807, 2.05) is 40.1 Å². The molecule has 1 fully saturated rings. The van der Waals surface area contributed by atoms with E-state index in [1.54, 1.807) is 0 Å². The fraction of sp³-hybridized carbons (Fsp3) is 0.467. The van der Waals surface area contributed by atoms with Crippen LogP contribution in [0.3, 0.4) is 0 Å². The Hall–Kier alpha value is -2.08. The average Bonchev–Trinajstić information content (AvgIpc) is 2.54. The Morgan fingerprint density at radius 2 is 1.81 bits per heavy atom. The van der Waals surface area contributed by atoms with Crippen LogP contribution in [-0.2, 0) is 14.3 Å². The zero-order valence-corrected chi connectivity index (χ0v) is 12.2. The maximum atomic E-state index is 12.1. The highest BCUT2D eigenvalue weighted by Gasteiger charge is 2.22. The summed E-state index contributed by atoms with van der Waals surface area (Å²) in [5, 5.41) is 3.12. The molecule has 6 heteroatoms. The summed E-state index contributed by atoms with van der Waals surface area (Å²) in [7, 11) is 1.39. The Balaban J connectivity index is 1.72. The molecular formula is C15H21N3O3. The van der Waals surface area contributed by atoms with Crippen LogP contribution in [-0.4, -0.2) is 68.1 Å². The number of anilines is 1. The number of carbonyl (C=O) groups is 2. The van der Waals surface area contributed by atoms with Gasteiger partial charge in [0, 0.05) is 31.9 Å². The first-order valence-corrected chi connectivity index (χ1v) is 7.05. The number of rotatable bonds is 5. The highest BCUT2D eigenvalue weighted by molar-refractivity contribution is 5.81. The lowest BCUT2D eigenvalue weighted by atomic mass is 10.3. The molecule has 0 atom stereocenters. The fourth-order valence-corrected chi connectivity index (χ4v) is 2.25. The second-order valence-corrected chi connectivity index (χ2v) is 4.95. The van der Waals surface area contributed by atoms with Crippen molar-refractivity contribution in [2.24, 2.45) is 0 Å². The SMILES string of the molecule is COC(=O)CN1CCN(C(=O)CNc2ccccc2)CC1. The number of nitrogens with zero attached hydrogens (tertiary/aromatic N) is 2. The lowest BCUT2D eigenvalue weighted by Crippen LogP contribution is -2.51. The summed E-state index contributed by atoms with van der Waals surface area (Å²) in [4.78, 5) is 27.1. The number of para-hydroxylation sites is 1. The molecule has 0 unspecified atom stereocenters. The summed E-state index contributed by atoms with van der Waals surface area (Å²) in [5.74, 6) is -0.155. The first-order chi connectivity index (χ1) is 10.2. The number of hydrogen-bond donors (Lipinski definition) is 1. The van der Waals surface area contributed by atoms with Gasteiger partial charge in [-0.15, -0.1) is 0 Å². The van der Waals surface area contributed by atoms with E-state index in [9.17, 15) is 9.59 Å². The predicted octanol–water partition coefficient (Wildman–Crippen LogP) is 0.416. The van der Waals surface area contributed by atoms with Gasteiger partial charge >= 0.3 is 5.97 Å². The minimum Gasteiger partial charge on any atom is -0.468 e. The van der Waals surface area contributed by atoms with Crippen molar-refractivity contribution in [3.8, 4) is 0 Å². The average molecular weight is 291 g/mol. The number of carbonyl (C=O) groups excluding carboxylic acids is 2. The molecular weight excluding hydrogens is 270 g/mol. The van der Waals surface area contributed by atoms with Crippen LogP contribution in [0.15, 0.2) is 30.3 Å². The molecule has 1 amide bonds. The standard InChI is InChI=1S/C15H21N3O3/c1-21-15(20)12-17-7-9-18(10-8-17)14(19)11-16-13-5-3-2-4-6-13/h2-6,16H,7-12H2,1H3. The molecule has 1 saturated heterocycles. The number of amides is 1. The van der Waals surface area contributed by atoms with Crippen molar-refractivity contribution in [3.63, 3.8) is 0 Å². The van der Waals surface area contributed by atoms with Crippen LogP contribution in [0, 0.1) is 0 Å². The Kier molecular flexibility index (Phi) is 5.57. The summed E-state index contributed by atoms with van der Waals surface area (Å²) in [6, 6.07) is 9.66. The van der Waals surface area contributed by atoms with Gasteiger partial charge in [-0.3, -0.25) is 14.5 Å². The monoisotopic (exact) mass is 291 g/mol.